The number of carbonyl (C=O) groups is 1. The summed E-state index contributed by atoms with van der Waals surface area (Å²) in [5, 5.41) is 2.57. The van der Waals surface area contributed by atoms with Crippen LogP contribution < -0.4 is 5.32 Å². The summed E-state index contributed by atoms with van der Waals surface area (Å²) in [6.45, 7) is 3.78. The van der Waals surface area contributed by atoms with Gasteiger partial charge in [0.25, 0.3) is 5.91 Å². The van der Waals surface area contributed by atoms with Crippen LogP contribution in [0.15, 0.2) is 36.9 Å². The summed E-state index contributed by atoms with van der Waals surface area (Å²) in [6.07, 6.45) is 4.65. The number of hydrogen-bond acceptors (Lipinski definition) is 8. The molecule has 6 rings (SSSR count). The van der Waals surface area contributed by atoms with E-state index in [4.69, 9.17) is 4.98 Å². The maximum atomic E-state index is 13.6. The van der Waals surface area contributed by atoms with Crippen molar-refractivity contribution < 1.29 is 26.4 Å². The summed E-state index contributed by atoms with van der Waals surface area (Å²) in [5.41, 5.74) is -4.75. The van der Waals surface area contributed by atoms with Crippen molar-refractivity contribution in [3.63, 3.8) is 0 Å². The van der Waals surface area contributed by atoms with Crippen LogP contribution in [0.3, 0.4) is 0 Å². The Balaban J connectivity index is 1.53. The lowest BCUT2D eigenvalue weighted by Gasteiger charge is -2.32. The van der Waals surface area contributed by atoms with Crippen LogP contribution in [-0.2, 0) is 26.9 Å². The number of benzene rings is 1. The molecule has 2 aliphatic rings. The number of amides is 1. The third-order valence-electron chi connectivity index (χ3n) is 7.16. The molecule has 1 unspecified atom stereocenters. The smallest absolute Gasteiger partial charge is 0.324 e. The highest BCUT2D eigenvalue weighted by molar-refractivity contribution is 7.90. The summed E-state index contributed by atoms with van der Waals surface area (Å²) in [7, 11) is -5.78. The Labute approximate surface area is 220 Å². The van der Waals surface area contributed by atoms with E-state index in [0.29, 0.717) is 46.2 Å². The Bertz CT molecular complexity index is 1760. The number of halogens is 3. The minimum atomic E-state index is -5.78. The third-order valence-corrected chi connectivity index (χ3v) is 8.82. The van der Waals surface area contributed by atoms with E-state index in [1.54, 1.807) is 25.4 Å². The molecule has 11 nitrogen and oxygen atoms in total. The molecule has 1 atom stereocenters. The van der Waals surface area contributed by atoms with Crippen molar-refractivity contribution in [3.05, 3.63) is 48.3 Å². The van der Waals surface area contributed by atoms with Gasteiger partial charge in [-0.2, -0.15) is 17.5 Å². The number of rotatable bonds is 4. The van der Waals surface area contributed by atoms with Crippen molar-refractivity contribution in [2.24, 2.45) is 0 Å². The van der Waals surface area contributed by atoms with Gasteiger partial charge < -0.3 is 9.88 Å². The van der Waals surface area contributed by atoms with E-state index < -0.39 is 33.5 Å². The van der Waals surface area contributed by atoms with Crippen molar-refractivity contribution >= 4 is 32.8 Å². The van der Waals surface area contributed by atoms with Crippen LogP contribution in [0, 0.1) is 6.92 Å². The predicted octanol–water partition coefficient (Wildman–Crippen LogP) is 3.37. The van der Waals surface area contributed by atoms with Crippen molar-refractivity contribution in [1.82, 2.24) is 33.8 Å². The van der Waals surface area contributed by atoms with E-state index >= 15 is 0 Å². The highest BCUT2D eigenvalue weighted by atomic mass is 32.2. The lowest BCUT2D eigenvalue weighted by Crippen LogP contribution is -2.53. The molecular weight excluding hydrogens is 537 g/mol. The predicted molar refractivity (Wildman–Crippen MR) is 133 cm³/mol. The number of alkyl halides is 3. The van der Waals surface area contributed by atoms with E-state index in [-0.39, 0.29) is 28.4 Å². The molecule has 1 N–H and O–H groups in total. The van der Waals surface area contributed by atoms with E-state index in [1.807, 2.05) is 11.5 Å². The molecule has 0 radical (unpaired) electrons. The van der Waals surface area contributed by atoms with E-state index in [1.165, 1.54) is 18.5 Å². The van der Waals surface area contributed by atoms with Gasteiger partial charge in [0.15, 0.2) is 5.65 Å². The molecule has 5 heterocycles. The Kier molecular flexibility index (Phi) is 5.52. The first-order valence-electron chi connectivity index (χ1n) is 12.0. The Hall–Kier alpha value is -3.98. The average molecular weight is 559 g/mol. The fourth-order valence-corrected chi connectivity index (χ4v) is 6.71. The van der Waals surface area contributed by atoms with Gasteiger partial charge in [-0.25, -0.2) is 33.3 Å². The Morgan fingerprint density at radius 1 is 1.10 bits per heavy atom. The third kappa shape index (κ3) is 3.56. The van der Waals surface area contributed by atoms with Gasteiger partial charge in [0.1, 0.15) is 34.7 Å². The molecule has 0 aliphatic carbocycles. The summed E-state index contributed by atoms with van der Waals surface area (Å²) >= 11 is 0. The van der Waals surface area contributed by atoms with Crippen LogP contribution in [0.2, 0.25) is 0 Å². The first kappa shape index (κ1) is 25.3. The molecular formula is C24H21F3N8O3S. The second-order valence-corrected chi connectivity index (χ2v) is 11.1. The van der Waals surface area contributed by atoms with Gasteiger partial charge in [-0.05, 0) is 38.8 Å². The lowest BCUT2D eigenvalue weighted by atomic mass is 9.88. The number of aryl methyl sites for hydroxylation is 2. The number of anilines is 1. The van der Waals surface area contributed by atoms with Gasteiger partial charge in [-0.1, -0.05) is 6.07 Å². The molecule has 3 aromatic heterocycles. The molecule has 15 heteroatoms. The molecule has 1 amide bonds. The zero-order chi connectivity index (χ0) is 27.7. The van der Waals surface area contributed by atoms with Gasteiger partial charge in [0.2, 0.25) is 0 Å². The highest BCUT2D eigenvalue weighted by Crippen LogP contribution is 2.51. The van der Waals surface area contributed by atoms with Crippen molar-refractivity contribution in [3.8, 4) is 22.6 Å². The van der Waals surface area contributed by atoms with Crippen LogP contribution in [0.25, 0.3) is 33.8 Å². The molecule has 1 fully saturated rings. The first-order valence-corrected chi connectivity index (χ1v) is 13.5. The van der Waals surface area contributed by atoms with Gasteiger partial charge in [0, 0.05) is 42.3 Å². The quantitative estimate of drug-likeness (QED) is 0.403. The SMILES string of the molecule is CCn1c(-c2cnc(C)nc2)nc2c(-c3ccc4c(c3)C3(CCCN3S(=O)(=O)C(F)(F)F)C(=O)N4)ncnc21. The minimum Gasteiger partial charge on any atom is -0.324 e. The van der Waals surface area contributed by atoms with Crippen LogP contribution in [-0.4, -0.2) is 60.2 Å². The minimum absolute atomic E-state index is 0.0903. The number of sulfonamides is 1. The summed E-state index contributed by atoms with van der Waals surface area (Å²) in [5.74, 6) is 0.341. The highest BCUT2D eigenvalue weighted by Gasteiger charge is 2.64. The zero-order valence-electron chi connectivity index (χ0n) is 20.7. The zero-order valence-corrected chi connectivity index (χ0v) is 21.5. The van der Waals surface area contributed by atoms with Gasteiger partial charge in [0.05, 0.1) is 5.56 Å². The normalized spacial score (nSPS) is 19.7. The van der Waals surface area contributed by atoms with E-state index in [0.717, 1.165) is 0 Å². The molecule has 1 spiro atoms. The number of carbonyl (C=O) groups excluding carboxylic acids is 1. The standard InChI is InChI=1S/C24H21F3N8O3S/c1-3-34-20(15-10-28-13(2)29-11-15)33-19-18(30-12-31-21(19)34)14-5-6-17-16(9-14)23(22(36)32-17)7-4-8-35(23)39(37,38)24(25,26)27/h5-6,9-12H,3-4,7-8H2,1-2H3,(H,32,36). The van der Waals surface area contributed by atoms with E-state index in [9.17, 15) is 26.4 Å². The summed E-state index contributed by atoms with van der Waals surface area (Å²) in [4.78, 5) is 35.2. The van der Waals surface area contributed by atoms with Crippen LogP contribution >= 0.6 is 0 Å². The maximum Gasteiger partial charge on any atom is 0.511 e. The number of imidazole rings is 1. The number of fused-ring (bicyclic) bond motifs is 3. The fourth-order valence-electron chi connectivity index (χ4n) is 5.41. The second-order valence-electron chi connectivity index (χ2n) is 9.29. The topological polar surface area (TPSA) is 136 Å². The Morgan fingerprint density at radius 2 is 1.85 bits per heavy atom. The summed E-state index contributed by atoms with van der Waals surface area (Å²) < 4.78 is 67.9. The second kappa shape index (κ2) is 8.51. The van der Waals surface area contributed by atoms with Crippen molar-refractivity contribution in [1.29, 1.82) is 0 Å². The lowest BCUT2D eigenvalue weighted by molar-refractivity contribution is -0.124. The monoisotopic (exact) mass is 558 g/mol. The van der Waals surface area contributed by atoms with Crippen LogP contribution in [0.4, 0.5) is 18.9 Å². The van der Waals surface area contributed by atoms with Gasteiger partial charge in [-0.3, -0.25) is 4.79 Å². The number of nitrogens with zero attached hydrogens (tertiary/aromatic N) is 7. The fraction of sp³-hybridized carbons (Fsp3) is 0.333. The maximum absolute atomic E-state index is 13.6. The van der Waals surface area contributed by atoms with Crippen LogP contribution in [0.1, 0.15) is 31.2 Å². The number of aromatic nitrogens is 6. The molecule has 4 aromatic rings. The van der Waals surface area contributed by atoms with E-state index in [2.05, 4.69) is 25.3 Å². The Morgan fingerprint density at radius 3 is 2.54 bits per heavy atom. The summed E-state index contributed by atoms with van der Waals surface area (Å²) in [6, 6.07) is 4.70. The van der Waals surface area contributed by atoms with Gasteiger partial charge in [-0.15, -0.1) is 0 Å². The molecule has 202 valence electrons. The largest absolute Gasteiger partial charge is 0.511 e. The van der Waals surface area contributed by atoms with Crippen molar-refractivity contribution in [2.45, 2.75) is 44.3 Å². The molecule has 2 aliphatic heterocycles. The number of hydrogen-bond donors (Lipinski definition) is 1. The molecule has 1 saturated heterocycles. The first-order chi connectivity index (χ1) is 18.5. The average Bonchev–Trinajstić information content (AvgIpc) is 3.58. The van der Waals surface area contributed by atoms with Gasteiger partial charge >= 0.3 is 15.5 Å². The molecule has 1 aromatic carbocycles. The van der Waals surface area contributed by atoms with Crippen molar-refractivity contribution in [2.75, 3.05) is 11.9 Å². The molecule has 0 bridgehead atoms. The molecule has 39 heavy (non-hydrogen) atoms. The molecule has 0 saturated carbocycles. The van der Waals surface area contributed by atoms with Crippen LogP contribution in [0.5, 0.6) is 0 Å². The number of nitrogens with one attached hydrogen (secondary N) is 1.